The van der Waals surface area contributed by atoms with Gasteiger partial charge < -0.3 is 25.2 Å². The lowest BCUT2D eigenvalue weighted by molar-refractivity contribution is 0.0940. The van der Waals surface area contributed by atoms with E-state index in [9.17, 15) is 4.79 Å². The molecular weight excluding hydrogens is 334 g/mol. The minimum absolute atomic E-state index is 0.00269. The lowest BCUT2D eigenvalue weighted by Gasteiger charge is -2.18. The number of carbonyl (C=O) groups is 1. The Labute approximate surface area is 152 Å². The van der Waals surface area contributed by atoms with Crippen LogP contribution in [0.4, 0.5) is 5.69 Å². The van der Waals surface area contributed by atoms with Crippen LogP contribution in [0.15, 0.2) is 36.5 Å². The summed E-state index contributed by atoms with van der Waals surface area (Å²) in [7, 11) is 0. The van der Waals surface area contributed by atoms with Gasteiger partial charge in [-0.25, -0.2) is 0 Å². The first-order valence-corrected chi connectivity index (χ1v) is 8.68. The number of nitrogens with zero attached hydrogens (tertiary/aromatic N) is 1. The molecule has 2 heterocycles. The van der Waals surface area contributed by atoms with E-state index in [1.54, 1.807) is 12.3 Å². The van der Waals surface area contributed by atoms with Crippen LogP contribution in [0, 0.1) is 0 Å². The topological polar surface area (TPSA) is 92.7 Å². The zero-order valence-corrected chi connectivity index (χ0v) is 14.7. The van der Waals surface area contributed by atoms with Gasteiger partial charge in [0.1, 0.15) is 5.69 Å². The number of rotatable bonds is 6. The van der Waals surface area contributed by atoms with E-state index < -0.39 is 0 Å². The number of anilines is 1. The van der Waals surface area contributed by atoms with Crippen LogP contribution in [-0.4, -0.2) is 42.4 Å². The predicted octanol–water partition coefficient (Wildman–Crippen LogP) is 2.14. The molecule has 0 spiro atoms. The number of nitrogens with one attached hydrogen (secondary N) is 2. The Morgan fingerprint density at radius 3 is 2.85 bits per heavy atom. The molecule has 1 aromatic carbocycles. The van der Waals surface area contributed by atoms with Crippen molar-refractivity contribution < 1.29 is 19.4 Å². The van der Waals surface area contributed by atoms with E-state index in [0.717, 1.165) is 29.2 Å². The number of benzene rings is 1. The van der Waals surface area contributed by atoms with E-state index in [1.807, 2.05) is 31.2 Å². The number of aliphatic hydroxyl groups excluding tert-OH is 1. The quantitative estimate of drug-likeness (QED) is 0.733. The lowest BCUT2D eigenvalue weighted by Crippen LogP contribution is -2.27. The molecule has 0 saturated heterocycles. The van der Waals surface area contributed by atoms with Crippen molar-refractivity contribution >= 4 is 11.6 Å². The van der Waals surface area contributed by atoms with Crippen molar-refractivity contribution in [1.82, 2.24) is 10.3 Å². The van der Waals surface area contributed by atoms with E-state index in [1.165, 1.54) is 0 Å². The number of hydrogen-bond acceptors (Lipinski definition) is 6. The SMILES string of the molecule is CC(Nc1ccnc(C(=O)NCCO)c1)c1ccc2c(c1)OCCCO2. The molecule has 0 radical (unpaired) electrons. The summed E-state index contributed by atoms with van der Waals surface area (Å²) in [4.78, 5) is 16.0. The number of carbonyl (C=O) groups excluding carboxylic acids is 1. The summed E-state index contributed by atoms with van der Waals surface area (Å²) in [6.07, 6.45) is 2.45. The number of ether oxygens (including phenoxy) is 2. The number of aromatic nitrogens is 1. The normalized spacial score (nSPS) is 14.2. The number of pyridine rings is 1. The van der Waals surface area contributed by atoms with Crippen LogP contribution in [-0.2, 0) is 0 Å². The molecule has 1 unspecified atom stereocenters. The third-order valence-corrected chi connectivity index (χ3v) is 4.04. The Hall–Kier alpha value is -2.80. The van der Waals surface area contributed by atoms with Crippen LogP contribution in [0.2, 0.25) is 0 Å². The highest BCUT2D eigenvalue weighted by Crippen LogP contribution is 2.33. The van der Waals surface area contributed by atoms with Gasteiger partial charge in [-0.1, -0.05) is 6.07 Å². The van der Waals surface area contributed by atoms with Gasteiger partial charge in [0.25, 0.3) is 5.91 Å². The zero-order valence-electron chi connectivity index (χ0n) is 14.7. The van der Waals surface area contributed by atoms with Crippen molar-refractivity contribution in [2.24, 2.45) is 0 Å². The molecule has 138 valence electrons. The van der Waals surface area contributed by atoms with Gasteiger partial charge in [-0.05, 0) is 36.8 Å². The molecule has 1 aliphatic rings. The number of amides is 1. The highest BCUT2D eigenvalue weighted by atomic mass is 16.5. The second kappa shape index (κ2) is 8.53. The van der Waals surface area contributed by atoms with Gasteiger partial charge in [-0.15, -0.1) is 0 Å². The molecule has 1 amide bonds. The molecule has 1 aliphatic heterocycles. The smallest absolute Gasteiger partial charge is 0.270 e. The summed E-state index contributed by atoms with van der Waals surface area (Å²) in [6, 6.07) is 9.40. The third kappa shape index (κ3) is 4.43. The maximum absolute atomic E-state index is 12.0. The molecule has 1 atom stereocenters. The summed E-state index contributed by atoms with van der Waals surface area (Å²) in [6.45, 7) is 3.44. The van der Waals surface area contributed by atoms with E-state index in [4.69, 9.17) is 14.6 Å². The summed E-state index contributed by atoms with van der Waals surface area (Å²) < 4.78 is 11.4. The van der Waals surface area contributed by atoms with Gasteiger partial charge in [-0.3, -0.25) is 9.78 Å². The van der Waals surface area contributed by atoms with Crippen molar-refractivity contribution in [2.75, 3.05) is 31.7 Å². The highest BCUT2D eigenvalue weighted by molar-refractivity contribution is 5.93. The van der Waals surface area contributed by atoms with Crippen molar-refractivity contribution in [3.8, 4) is 11.5 Å². The molecule has 0 bridgehead atoms. The molecule has 3 rings (SSSR count). The van der Waals surface area contributed by atoms with E-state index in [0.29, 0.717) is 18.9 Å². The van der Waals surface area contributed by atoms with E-state index >= 15 is 0 Å². The highest BCUT2D eigenvalue weighted by Gasteiger charge is 2.14. The first kappa shape index (κ1) is 18.0. The second-order valence-corrected chi connectivity index (χ2v) is 6.03. The Kier molecular flexibility index (Phi) is 5.91. The molecule has 3 N–H and O–H groups in total. The monoisotopic (exact) mass is 357 g/mol. The predicted molar refractivity (Wildman–Crippen MR) is 97.7 cm³/mol. The first-order chi connectivity index (χ1) is 12.7. The third-order valence-electron chi connectivity index (χ3n) is 4.04. The van der Waals surface area contributed by atoms with Crippen molar-refractivity contribution in [1.29, 1.82) is 0 Å². The number of hydrogen-bond donors (Lipinski definition) is 3. The minimum atomic E-state index is -0.314. The number of fused-ring (bicyclic) bond motifs is 1. The fourth-order valence-electron chi connectivity index (χ4n) is 2.69. The standard InChI is InChI=1S/C19H23N3O4/c1-13(14-3-4-17-18(11-14)26-10-2-9-25-17)22-15-5-6-20-16(12-15)19(24)21-7-8-23/h3-6,11-13,23H,2,7-10H2,1H3,(H,20,22)(H,21,24). The molecule has 7 nitrogen and oxygen atoms in total. The molecule has 26 heavy (non-hydrogen) atoms. The molecule has 0 saturated carbocycles. The Bertz CT molecular complexity index is 766. The first-order valence-electron chi connectivity index (χ1n) is 8.68. The maximum atomic E-state index is 12.0. The summed E-state index contributed by atoms with van der Waals surface area (Å²) in [5.74, 6) is 1.21. The molecule has 7 heteroatoms. The van der Waals surface area contributed by atoms with Gasteiger partial charge in [-0.2, -0.15) is 0 Å². The Morgan fingerprint density at radius 2 is 2.04 bits per heavy atom. The van der Waals surface area contributed by atoms with Crippen molar-refractivity contribution in [3.05, 3.63) is 47.8 Å². The largest absolute Gasteiger partial charge is 0.490 e. The van der Waals surface area contributed by atoms with Crippen LogP contribution >= 0.6 is 0 Å². The van der Waals surface area contributed by atoms with Gasteiger partial charge >= 0.3 is 0 Å². The molecule has 0 aliphatic carbocycles. The average Bonchev–Trinajstić information content (AvgIpc) is 2.91. The van der Waals surface area contributed by atoms with Gasteiger partial charge in [0.15, 0.2) is 11.5 Å². The van der Waals surface area contributed by atoms with E-state index in [-0.39, 0.29) is 25.1 Å². The van der Waals surface area contributed by atoms with Crippen LogP contribution in [0.25, 0.3) is 0 Å². The molecule has 1 aromatic heterocycles. The zero-order chi connectivity index (χ0) is 18.4. The fraction of sp³-hybridized carbons (Fsp3) is 0.368. The van der Waals surface area contributed by atoms with Crippen molar-refractivity contribution in [2.45, 2.75) is 19.4 Å². The molecule has 0 fully saturated rings. The van der Waals surface area contributed by atoms with Crippen LogP contribution < -0.4 is 20.1 Å². The van der Waals surface area contributed by atoms with Crippen LogP contribution in [0.1, 0.15) is 35.4 Å². The van der Waals surface area contributed by atoms with Gasteiger partial charge in [0.2, 0.25) is 0 Å². The minimum Gasteiger partial charge on any atom is -0.490 e. The van der Waals surface area contributed by atoms with Gasteiger partial charge in [0.05, 0.1) is 19.8 Å². The maximum Gasteiger partial charge on any atom is 0.270 e. The Balaban J connectivity index is 1.71. The summed E-state index contributed by atoms with van der Waals surface area (Å²) in [5.41, 5.74) is 2.14. The molecular formula is C19H23N3O4. The van der Waals surface area contributed by atoms with E-state index in [2.05, 4.69) is 15.6 Å². The molecule has 2 aromatic rings. The number of aliphatic hydroxyl groups is 1. The fourth-order valence-corrected chi connectivity index (χ4v) is 2.69. The van der Waals surface area contributed by atoms with Crippen molar-refractivity contribution in [3.63, 3.8) is 0 Å². The summed E-state index contributed by atoms with van der Waals surface area (Å²) in [5, 5.41) is 14.8. The lowest BCUT2D eigenvalue weighted by atomic mass is 10.1. The summed E-state index contributed by atoms with van der Waals surface area (Å²) >= 11 is 0. The second-order valence-electron chi connectivity index (χ2n) is 6.03. The average molecular weight is 357 g/mol. The van der Waals surface area contributed by atoms with Crippen LogP contribution in [0.3, 0.4) is 0 Å². The van der Waals surface area contributed by atoms with Gasteiger partial charge in [0, 0.05) is 30.9 Å². The van der Waals surface area contributed by atoms with Crippen LogP contribution in [0.5, 0.6) is 11.5 Å². The Morgan fingerprint density at radius 1 is 1.23 bits per heavy atom.